The van der Waals surface area contributed by atoms with Crippen molar-refractivity contribution in [2.75, 3.05) is 13.7 Å². The Bertz CT molecular complexity index is 851. The minimum atomic E-state index is -0.240. The molecule has 0 unspecified atom stereocenters. The fourth-order valence-electron chi connectivity index (χ4n) is 2.68. The second-order valence-corrected chi connectivity index (χ2v) is 5.97. The highest BCUT2D eigenvalue weighted by Gasteiger charge is 2.21. The number of fused-ring (bicyclic) bond motifs is 1. The lowest BCUT2D eigenvalue weighted by atomic mass is 9.99. The van der Waals surface area contributed by atoms with E-state index in [1.165, 1.54) is 7.11 Å². The lowest BCUT2D eigenvalue weighted by Gasteiger charge is -2.27. The van der Waals surface area contributed by atoms with Crippen LogP contribution in [-0.2, 0) is 17.8 Å². The Kier molecular flexibility index (Phi) is 4.64. The Morgan fingerprint density at radius 3 is 2.88 bits per heavy atom. The van der Waals surface area contributed by atoms with Crippen LogP contribution in [0.1, 0.15) is 16.7 Å². The van der Waals surface area contributed by atoms with Crippen molar-refractivity contribution in [1.82, 2.24) is 4.90 Å². The van der Waals surface area contributed by atoms with E-state index in [1.807, 2.05) is 12.1 Å². The monoisotopic (exact) mass is 341 g/mol. The largest absolute Gasteiger partial charge is 0.504 e. The predicted octanol–water partition coefficient (Wildman–Crippen LogP) is 2.99. The minimum Gasteiger partial charge on any atom is -0.504 e. The van der Waals surface area contributed by atoms with Gasteiger partial charge in [0.2, 0.25) is 0 Å². The molecule has 0 aromatic heterocycles. The molecule has 0 aliphatic carbocycles. The molecular formula is C19H16ClNO3. The molecule has 0 saturated heterocycles. The average Bonchev–Trinajstić information content (AvgIpc) is 2.58. The summed E-state index contributed by atoms with van der Waals surface area (Å²) in [5.74, 6) is 5.79. The molecule has 1 heterocycles. The van der Waals surface area contributed by atoms with Crippen molar-refractivity contribution >= 4 is 17.5 Å². The van der Waals surface area contributed by atoms with Crippen LogP contribution < -0.4 is 4.74 Å². The van der Waals surface area contributed by atoms with Crippen LogP contribution in [0, 0.1) is 11.8 Å². The number of carbonyl (C=O) groups excluding carboxylic acids is 1. The number of carbonyl (C=O) groups is 1. The van der Waals surface area contributed by atoms with Gasteiger partial charge in [0.25, 0.3) is 5.91 Å². The van der Waals surface area contributed by atoms with E-state index in [2.05, 4.69) is 11.8 Å². The quantitative estimate of drug-likeness (QED) is 0.811. The third kappa shape index (κ3) is 3.47. The van der Waals surface area contributed by atoms with Gasteiger partial charge in [-0.2, -0.15) is 0 Å². The zero-order valence-corrected chi connectivity index (χ0v) is 13.9. The molecule has 0 bridgehead atoms. The lowest BCUT2D eigenvalue weighted by Crippen LogP contribution is -2.35. The van der Waals surface area contributed by atoms with Crippen LogP contribution in [0.5, 0.6) is 11.5 Å². The first-order valence-electron chi connectivity index (χ1n) is 7.52. The maximum Gasteiger partial charge on any atom is 0.299 e. The fourth-order valence-corrected chi connectivity index (χ4v) is 2.87. The van der Waals surface area contributed by atoms with E-state index in [1.54, 1.807) is 29.2 Å². The minimum absolute atomic E-state index is 0.0792. The van der Waals surface area contributed by atoms with E-state index in [4.69, 9.17) is 16.3 Å². The van der Waals surface area contributed by atoms with Crippen molar-refractivity contribution in [3.8, 4) is 23.3 Å². The van der Waals surface area contributed by atoms with Gasteiger partial charge < -0.3 is 14.7 Å². The molecule has 0 spiro atoms. The molecule has 122 valence electrons. The maximum absolute atomic E-state index is 12.3. The summed E-state index contributed by atoms with van der Waals surface area (Å²) in [6.45, 7) is 1.01. The van der Waals surface area contributed by atoms with E-state index < -0.39 is 0 Å². The second-order valence-electron chi connectivity index (χ2n) is 5.53. The molecular weight excluding hydrogens is 326 g/mol. The molecule has 0 atom stereocenters. The van der Waals surface area contributed by atoms with Gasteiger partial charge in [-0.05, 0) is 47.9 Å². The number of aromatic hydroxyl groups is 1. The zero-order valence-electron chi connectivity index (χ0n) is 13.2. The highest BCUT2D eigenvalue weighted by atomic mass is 35.5. The van der Waals surface area contributed by atoms with E-state index in [-0.39, 0.29) is 11.7 Å². The van der Waals surface area contributed by atoms with Crippen LogP contribution in [0.15, 0.2) is 36.4 Å². The number of phenolic OH excluding ortho intramolecular Hbond substituents is 1. The topological polar surface area (TPSA) is 49.8 Å². The standard InChI is InChI=1S/C19H16ClNO3/c1-24-18-11-14-7-8-21(12-15(14)10-17(18)22)19(23)6-5-13-3-2-4-16(20)9-13/h2-4,9-11,22H,7-8,12H2,1H3. The fraction of sp³-hybridized carbons (Fsp3) is 0.211. The summed E-state index contributed by atoms with van der Waals surface area (Å²) in [5, 5.41) is 10.5. The summed E-state index contributed by atoms with van der Waals surface area (Å²) < 4.78 is 5.12. The average molecular weight is 342 g/mol. The predicted molar refractivity (Wildman–Crippen MR) is 92.1 cm³/mol. The molecule has 0 fully saturated rings. The number of hydrogen-bond donors (Lipinski definition) is 1. The molecule has 1 aliphatic rings. The number of amides is 1. The summed E-state index contributed by atoms with van der Waals surface area (Å²) in [6, 6.07) is 10.6. The smallest absolute Gasteiger partial charge is 0.299 e. The molecule has 1 aliphatic heterocycles. The van der Waals surface area contributed by atoms with E-state index in [9.17, 15) is 9.90 Å². The Labute approximate surface area is 145 Å². The van der Waals surface area contributed by atoms with Crippen molar-refractivity contribution in [2.24, 2.45) is 0 Å². The lowest BCUT2D eigenvalue weighted by molar-refractivity contribution is -0.125. The molecule has 1 N–H and O–H groups in total. The van der Waals surface area contributed by atoms with Crippen molar-refractivity contribution < 1.29 is 14.6 Å². The number of halogens is 1. The zero-order chi connectivity index (χ0) is 17.1. The number of phenols is 1. The van der Waals surface area contributed by atoms with Gasteiger partial charge >= 0.3 is 0 Å². The number of rotatable bonds is 1. The van der Waals surface area contributed by atoms with Crippen LogP contribution in [0.4, 0.5) is 0 Å². The first kappa shape index (κ1) is 16.2. The third-order valence-electron chi connectivity index (χ3n) is 3.94. The number of hydrogen-bond acceptors (Lipinski definition) is 3. The Morgan fingerprint density at radius 2 is 2.12 bits per heavy atom. The molecule has 5 heteroatoms. The van der Waals surface area contributed by atoms with Crippen LogP contribution in [0.25, 0.3) is 0 Å². The first-order chi connectivity index (χ1) is 11.6. The molecule has 1 amide bonds. The molecule has 0 saturated carbocycles. The summed E-state index contributed by atoms with van der Waals surface area (Å²) in [5.41, 5.74) is 2.70. The van der Waals surface area contributed by atoms with Gasteiger partial charge in [0.15, 0.2) is 11.5 Å². The first-order valence-corrected chi connectivity index (χ1v) is 7.90. The van der Waals surface area contributed by atoms with Gasteiger partial charge in [-0.25, -0.2) is 0 Å². The SMILES string of the molecule is COc1cc2c(cc1O)CN(C(=O)C#Cc1cccc(Cl)c1)CC2. The number of nitrogens with zero attached hydrogens (tertiary/aromatic N) is 1. The van der Waals surface area contributed by atoms with Gasteiger partial charge in [-0.1, -0.05) is 23.6 Å². The molecule has 0 radical (unpaired) electrons. The summed E-state index contributed by atoms with van der Waals surface area (Å²) in [6.07, 6.45) is 0.705. The van der Waals surface area contributed by atoms with Gasteiger partial charge in [0.1, 0.15) is 0 Å². The molecule has 24 heavy (non-hydrogen) atoms. The van der Waals surface area contributed by atoms with Crippen LogP contribution >= 0.6 is 11.6 Å². The number of benzene rings is 2. The van der Waals surface area contributed by atoms with Gasteiger partial charge in [0.05, 0.1) is 7.11 Å². The second kappa shape index (κ2) is 6.86. The molecule has 2 aromatic carbocycles. The molecule has 4 nitrogen and oxygen atoms in total. The highest BCUT2D eigenvalue weighted by Crippen LogP contribution is 2.32. The highest BCUT2D eigenvalue weighted by molar-refractivity contribution is 6.30. The van der Waals surface area contributed by atoms with Crippen molar-refractivity contribution in [3.63, 3.8) is 0 Å². The Morgan fingerprint density at radius 1 is 1.29 bits per heavy atom. The van der Waals surface area contributed by atoms with Crippen molar-refractivity contribution in [2.45, 2.75) is 13.0 Å². The Hall–Kier alpha value is -2.64. The normalized spacial score (nSPS) is 12.8. The maximum atomic E-state index is 12.3. The van der Waals surface area contributed by atoms with E-state index in [0.717, 1.165) is 11.1 Å². The molecule has 2 aromatic rings. The summed E-state index contributed by atoms with van der Waals surface area (Å²) in [4.78, 5) is 14.0. The van der Waals surface area contributed by atoms with Gasteiger partial charge in [-0.15, -0.1) is 0 Å². The van der Waals surface area contributed by atoms with Crippen molar-refractivity contribution in [3.05, 3.63) is 58.1 Å². The van der Waals surface area contributed by atoms with Crippen molar-refractivity contribution in [1.29, 1.82) is 0 Å². The summed E-state index contributed by atoms with van der Waals surface area (Å²) in [7, 11) is 1.52. The van der Waals surface area contributed by atoms with Crippen LogP contribution in [0.3, 0.4) is 0 Å². The van der Waals surface area contributed by atoms with E-state index in [0.29, 0.717) is 35.8 Å². The number of ether oxygens (including phenoxy) is 1. The third-order valence-corrected chi connectivity index (χ3v) is 4.17. The molecule has 3 rings (SSSR count). The summed E-state index contributed by atoms with van der Waals surface area (Å²) >= 11 is 5.91. The Balaban J connectivity index is 1.76. The van der Waals surface area contributed by atoms with E-state index >= 15 is 0 Å². The van der Waals surface area contributed by atoms with Gasteiger partial charge in [-0.3, -0.25) is 4.79 Å². The van der Waals surface area contributed by atoms with Crippen LogP contribution in [0.2, 0.25) is 5.02 Å². The van der Waals surface area contributed by atoms with Crippen LogP contribution in [-0.4, -0.2) is 29.6 Å². The van der Waals surface area contributed by atoms with Gasteiger partial charge in [0, 0.05) is 29.6 Å². The number of methoxy groups -OCH3 is 1.